The number of amides is 2. The van der Waals surface area contributed by atoms with Crippen molar-refractivity contribution in [3.05, 3.63) is 79.9 Å². The van der Waals surface area contributed by atoms with Crippen molar-refractivity contribution < 1.29 is 27.5 Å². The van der Waals surface area contributed by atoms with Crippen LogP contribution in [0.2, 0.25) is 5.02 Å². The molecule has 40 heavy (non-hydrogen) atoms. The number of furan rings is 1. The van der Waals surface area contributed by atoms with Gasteiger partial charge in [0.15, 0.2) is 5.76 Å². The number of pyridine rings is 1. The van der Waals surface area contributed by atoms with E-state index in [9.17, 15) is 18.4 Å². The topological polar surface area (TPSA) is 125 Å². The molecule has 5 rings (SSSR count). The number of fused-ring (bicyclic) bond motifs is 1. The van der Waals surface area contributed by atoms with Crippen LogP contribution in [0.3, 0.4) is 0 Å². The van der Waals surface area contributed by atoms with Gasteiger partial charge in [0.2, 0.25) is 0 Å². The SMILES string of the molecule is Cc1c(-c2cc(C(F)F)nc3sc(C(N)=O)c(NC(=O)c4ccc(COc5ccc(Br)cc5Cl)o4)c23)cnn1C. The number of rotatable bonds is 8. The summed E-state index contributed by atoms with van der Waals surface area (Å²) in [5, 5.41) is 7.55. The number of aryl methyl sites for hydroxylation is 1. The average Bonchev–Trinajstić information content (AvgIpc) is 3.61. The van der Waals surface area contributed by atoms with Gasteiger partial charge in [-0.2, -0.15) is 5.10 Å². The fourth-order valence-corrected chi connectivity index (χ4v) is 5.73. The van der Waals surface area contributed by atoms with Crippen LogP contribution in [0.4, 0.5) is 14.5 Å². The zero-order chi connectivity index (χ0) is 28.7. The number of benzene rings is 1. The number of nitrogens with zero attached hydrogens (tertiary/aromatic N) is 3. The van der Waals surface area contributed by atoms with Crippen molar-refractivity contribution in [1.82, 2.24) is 14.8 Å². The summed E-state index contributed by atoms with van der Waals surface area (Å²) in [7, 11) is 1.71. The van der Waals surface area contributed by atoms with Gasteiger partial charge in [0, 0.05) is 28.2 Å². The normalized spacial score (nSPS) is 11.4. The molecule has 0 saturated heterocycles. The van der Waals surface area contributed by atoms with E-state index < -0.39 is 23.9 Å². The lowest BCUT2D eigenvalue weighted by atomic mass is 10.0. The minimum atomic E-state index is -2.87. The number of alkyl halides is 2. The van der Waals surface area contributed by atoms with E-state index in [1.807, 2.05) is 0 Å². The highest BCUT2D eigenvalue weighted by Crippen LogP contribution is 2.43. The summed E-state index contributed by atoms with van der Waals surface area (Å²) in [4.78, 5) is 29.7. The Kier molecular flexibility index (Phi) is 7.62. The Morgan fingerprint density at radius 2 is 2.02 bits per heavy atom. The molecule has 0 spiro atoms. The number of hydrogen-bond acceptors (Lipinski definition) is 7. The van der Waals surface area contributed by atoms with Crippen molar-refractivity contribution in [2.45, 2.75) is 20.0 Å². The molecular formula is C26H19BrClF2N5O4S. The van der Waals surface area contributed by atoms with Crippen LogP contribution in [0, 0.1) is 6.92 Å². The second-order valence-corrected chi connectivity index (χ2v) is 10.9. The van der Waals surface area contributed by atoms with Crippen molar-refractivity contribution in [1.29, 1.82) is 0 Å². The molecule has 0 atom stereocenters. The van der Waals surface area contributed by atoms with Gasteiger partial charge in [0.25, 0.3) is 18.2 Å². The molecule has 14 heteroatoms. The average molecular weight is 651 g/mol. The molecule has 9 nitrogen and oxygen atoms in total. The van der Waals surface area contributed by atoms with Crippen LogP contribution < -0.4 is 15.8 Å². The number of carbonyl (C=O) groups is 2. The minimum Gasteiger partial charge on any atom is -0.484 e. The molecular weight excluding hydrogens is 632 g/mol. The molecule has 0 bridgehead atoms. The van der Waals surface area contributed by atoms with Crippen LogP contribution in [0.25, 0.3) is 21.3 Å². The second kappa shape index (κ2) is 11.0. The minimum absolute atomic E-state index is 0.00664. The quantitative estimate of drug-likeness (QED) is 0.189. The van der Waals surface area contributed by atoms with Crippen molar-refractivity contribution in [3.63, 3.8) is 0 Å². The van der Waals surface area contributed by atoms with Crippen LogP contribution in [-0.2, 0) is 13.7 Å². The lowest BCUT2D eigenvalue weighted by molar-refractivity contribution is 0.0992. The Hall–Kier alpha value is -3.81. The van der Waals surface area contributed by atoms with Gasteiger partial charge >= 0.3 is 0 Å². The molecule has 1 aromatic carbocycles. The van der Waals surface area contributed by atoms with E-state index in [0.717, 1.165) is 15.8 Å². The van der Waals surface area contributed by atoms with Crippen LogP contribution in [0.5, 0.6) is 5.75 Å². The van der Waals surface area contributed by atoms with Gasteiger partial charge in [0.05, 0.1) is 16.9 Å². The third-order valence-electron chi connectivity index (χ3n) is 6.04. The number of hydrogen-bond donors (Lipinski definition) is 2. The maximum absolute atomic E-state index is 13.7. The number of halogens is 4. The lowest BCUT2D eigenvalue weighted by Gasteiger charge is -2.10. The molecule has 2 amide bonds. The number of carbonyl (C=O) groups excluding carboxylic acids is 2. The van der Waals surface area contributed by atoms with Gasteiger partial charge in [-0.1, -0.05) is 27.5 Å². The monoisotopic (exact) mass is 649 g/mol. The van der Waals surface area contributed by atoms with Crippen molar-refractivity contribution >= 4 is 66.6 Å². The second-order valence-electron chi connectivity index (χ2n) is 8.60. The number of aromatic nitrogens is 3. The molecule has 5 aromatic rings. The maximum Gasteiger partial charge on any atom is 0.291 e. The first-order chi connectivity index (χ1) is 19.0. The Bertz CT molecular complexity index is 1780. The van der Waals surface area contributed by atoms with Crippen molar-refractivity contribution in [2.75, 3.05) is 5.32 Å². The van der Waals surface area contributed by atoms with Crippen molar-refractivity contribution in [3.8, 4) is 16.9 Å². The standard InChI is InChI=1S/C26H19BrClF2N5O4S/c1-11-15(9-32-35(11)2)14-8-17(23(29)30)33-26-20(14)21(22(40-26)24(31)36)34-25(37)19-6-4-13(39-19)10-38-18-5-3-12(27)7-16(18)28/h3-9,23H,10H2,1-2H3,(H2,31,36)(H,34,37). The van der Waals surface area contributed by atoms with Gasteiger partial charge in [0.1, 0.15) is 33.5 Å². The van der Waals surface area contributed by atoms with Gasteiger partial charge in [-0.3, -0.25) is 14.3 Å². The van der Waals surface area contributed by atoms with Gasteiger partial charge in [-0.15, -0.1) is 11.3 Å². The Morgan fingerprint density at radius 3 is 2.67 bits per heavy atom. The summed E-state index contributed by atoms with van der Waals surface area (Å²) in [6.07, 6.45) is -1.35. The molecule has 0 aliphatic heterocycles. The summed E-state index contributed by atoms with van der Waals surface area (Å²) in [5.41, 5.74) is 6.70. The highest BCUT2D eigenvalue weighted by atomic mass is 79.9. The van der Waals surface area contributed by atoms with Crippen LogP contribution in [0.1, 0.15) is 43.8 Å². The molecule has 3 N–H and O–H groups in total. The third-order valence-corrected chi connectivity index (χ3v) is 7.93. The molecule has 0 aliphatic rings. The molecule has 4 aromatic heterocycles. The maximum atomic E-state index is 13.7. The first kappa shape index (κ1) is 27.7. The van der Waals surface area contributed by atoms with Crippen LogP contribution >= 0.6 is 38.9 Å². The largest absolute Gasteiger partial charge is 0.484 e. The fourth-order valence-electron chi connectivity index (χ4n) is 3.99. The summed E-state index contributed by atoms with van der Waals surface area (Å²) in [5.74, 6) is -0.861. The summed E-state index contributed by atoms with van der Waals surface area (Å²) in [6, 6.07) is 9.35. The Morgan fingerprint density at radius 1 is 1.25 bits per heavy atom. The highest BCUT2D eigenvalue weighted by Gasteiger charge is 2.27. The van der Waals surface area contributed by atoms with E-state index in [2.05, 4.69) is 31.3 Å². The van der Waals surface area contributed by atoms with Gasteiger partial charge in [-0.05, 0) is 48.9 Å². The van der Waals surface area contributed by atoms with E-state index in [1.54, 1.807) is 42.9 Å². The molecule has 206 valence electrons. The predicted molar refractivity (Wildman–Crippen MR) is 150 cm³/mol. The zero-order valence-electron chi connectivity index (χ0n) is 20.8. The number of nitrogens with one attached hydrogen (secondary N) is 1. The van der Waals surface area contributed by atoms with E-state index in [0.29, 0.717) is 33.4 Å². The highest BCUT2D eigenvalue weighted by molar-refractivity contribution is 9.10. The van der Waals surface area contributed by atoms with E-state index in [-0.39, 0.29) is 33.1 Å². The number of primary amides is 1. The zero-order valence-corrected chi connectivity index (χ0v) is 24.0. The number of anilines is 1. The van der Waals surface area contributed by atoms with Gasteiger partial charge in [-0.25, -0.2) is 13.8 Å². The van der Waals surface area contributed by atoms with Crippen LogP contribution in [0.15, 0.2) is 51.5 Å². The summed E-state index contributed by atoms with van der Waals surface area (Å²) < 4.78 is 41.2. The number of nitrogens with two attached hydrogens (primary N) is 1. The molecule has 4 heterocycles. The Labute approximate surface area is 243 Å². The third kappa shape index (κ3) is 5.31. The summed E-state index contributed by atoms with van der Waals surface area (Å²) >= 11 is 10.3. The lowest BCUT2D eigenvalue weighted by Crippen LogP contribution is -2.16. The van der Waals surface area contributed by atoms with Crippen molar-refractivity contribution in [2.24, 2.45) is 12.8 Å². The molecule has 0 radical (unpaired) electrons. The Balaban J connectivity index is 1.50. The fraction of sp³-hybridized carbons (Fsp3) is 0.154. The summed E-state index contributed by atoms with van der Waals surface area (Å²) in [6.45, 7) is 1.76. The molecule has 0 fully saturated rings. The first-order valence-electron chi connectivity index (χ1n) is 11.6. The molecule has 0 aliphatic carbocycles. The number of thiophene rings is 1. The molecule has 0 saturated carbocycles. The number of ether oxygens (including phenoxy) is 1. The predicted octanol–water partition coefficient (Wildman–Crippen LogP) is 6.88. The first-order valence-corrected chi connectivity index (χ1v) is 13.5. The smallest absolute Gasteiger partial charge is 0.291 e. The van der Waals surface area contributed by atoms with E-state index in [4.69, 9.17) is 26.5 Å². The van der Waals surface area contributed by atoms with Crippen LogP contribution in [-0.4, -0.2) is 26.6 Å². The van der Waals surface area contributed by atoms with E-state index in [1.165, 1.54) is 18.3 Å². The molecule has 0 unspecified atom stereocenters. The van der Waals surface area contributed by atoms with E-state index >= 15 is 0 Å². The van der Waals surface area contributed by atoms with Gasteiger partial charge < -0.3 is 20.2 Å².